The zero-order valence-corrected chi connectivity index (χ0v) is 20.5. The maximum Gasteiger partial charge on any atom is 0.255 e. The molecule has 1 saturated heterocycles. The van der Waals surface area contributed by atoms with Gasteiger partial charge in [-0.1, -0.05) is 23.9 Å². The Kier molecular flexibility index (Phi) is 6.55. The smallest absolute Gasteiger partial charge is 0.255 e. The van der Waals surface area contributed by atoms with E-state index in [-0.39, 0.29) is 0 Å². The minimum absolute atomic E-state index is 0.591. The molecule has 1 aliphatic rings. The predicted octanol–water partition coefficient (Wildman–Crippen LogP) is 4.23. The maximum absolute atomic E-state index is 5.23. The number of aryl methyl sites for hydroxylation is 1. The first-order valence-electron chi connectivity index (χ1n) is 11.4. The summed E-state index contributed by atoms with van der Waals surface area (Å²) < 4.78 is 7.01. The van der Waals surface area contributed by atoms with E-state index < -0.39 is 0 Å². The molecule has 0 bridgehead atoms. The molecule has 5 rings (SSSR count). The number of likely N-dealkylation sites (N-methyl/N-ethyl adjacent to an activating group) is 1. The standard InChI is InChI=1S/C25H29N7OS/c1-18-16-23(27-20-6-8-21(9-7-20)31-14-12-30(2)13-15-31)32-24(26-18)28-25(29-32)34-17-19-4-10-22(33-3)11-5-19/h4-11,16,27H,12-15,17H2,1-3H3. The number of anilines is 3. The summed E-state index contributed by atoms with van der Waals surface area (Å²) in [7, 11) is 3.85. The molecule has 2 aromatic heterocycles. The highest BCUT2D eigenvalue weighted by Gasteiger charge is 2.15. The lowest BCUT2D eigenvalue weighted by molar-refractivity contribution is 0.313. The topological polar surface area (TPSA) is 70.8 Å². The predicted molar refractivity (Wildman–Crippen MR) is 138 cm³/mol. The Balaban J connectivity index is 1.30. The number of hydrogen-bond acceptors (Lipinski definition) is 8. The van der Waals surface area contributed by atoms with Crippen LogP contribution in [0.3, 0.4) is 0 Å². The normalized spacial score (nSPS) is 14.5. The minimum atomic E-state index is 0.591. The SMILES string of the molecule is COc1ccc(CSc2nc3nc(C)cc(Nc4ccc(N5CCN(C)CC5)cc4)n3n2)cc1. The monoisotopic (exact) mass is 475 g/mol. The second kappa shape index (κ2) is 9.90. The summed E-state index contributed by atoms with van der Waals surface area (Å²) in [5, 5.41) is 8.89. The number of piperazine rings is 1. The van der Waals surface area contributed by atoms with Crippen LogP contribution in [-0.4, -0.2) is 64.8 Å². The Morgan fingerprint density at radius 2 is 1.71 bits per heavy atom. The summed E-state index contributed by atoms with van der Waals surface area (Å²) in [5.41, 5.74) is 4.34. The van der Waals surface area contributed by atoms with Crippen molar-refractivity contribution in [3.05, 3.63) is 65.9 Å². The van der Waals surface area contributed by atoms with Crippen LogP contribution < -0.4 is 15.0 Å². The Morgan fingerprint density at radius 3 is 2.41 bits per heavy atom. The molecular formula is C25H29N7OS. The molecule has 8 nitrogen and oxygen atoms in total. The van der Waals surface area contributed by atoms with Crippen LogP contribution in [0.2, 0.25) is 0 Å². The van der Waals surface area contributed by atoms with Gasteiger partial charge in [0.1, 0.15) is 11.6 Å². The Bertz CT molecular complexity index is 1250. The van der Waals surface area contributed by atoms with Crippen molar-refractivity contribution in [3.8, 4) is 5.75 Å². The van der Waals surface area contributed by atoms with E-state index in [1.54, 1.807) is 23.4 Å². The van der Waals surface area contributed by atoms with Crippen molar-refractivity contribution in [2.24, 2.45) is 0 Å². The molecule has 0 atom stereocenters. The molecule has 4 aromatic rings. The third-order valence-corrected chi connectivity index (χ3v) is 6.86. The minimum Gasteiger partial charge on any atom is -0.497 e. The first kappa shape index (κ1) is 22.5. The molecule has 9 heteroatoms. The van der Waals surface area contributed by atoms with Crippen LogP contribution in [-0.2, 0) is 5.75 Å². The van der Waals surface area contributed by atoms with Crippen LogP contribution in [0.4, 0.5) is 17.2 Å². The molecular weight excluding hydrogens is 446 g/mol. The lowest BCUT2D eigenvalue weighted by atomic mass is 10.2. The third-order valence-electron chi connectivity index (χ3n) is 5.96. The molecule has 3 heterocycles. The molecule has 34 heavy (non-hydrogen) atoms. The van der Waals surface area contributed by atoms with Crippen molar-refractivity contribution >= 4 is 34.7 Å². The Labute approximate surface area is 204 Å². The van der Waals surface area contributed by atoms with Gasteiger partial charge in [0, 0.05) is 55.1 Å². The number of ether oxygens (including phenoxy) is 1. The van der Waals surface area contributed by atoms with E-state index in [0.717, 1.165) is 54.9 Å². The summed E-state index contributed by atoms with van der Waals surface area (Å²) in [6.45, 7) is 6.28. The summed E-state index contributed by atoms with van der Waals surface area (Å²) in [6.07, 6.45) is 0. The largest absolute Gasteiger partial charge is 0.497 e. The highest BCUT2D eigenvalue weighted by molar-refractivity contribution is 7.98. The van der Waals surface area contributed by atoms with E-state index in [2.05, 4.69) is 68.5 Å². The van der Waals surface area contributed by atoms with Crippen molar-refractivity contribution in [1.29, 1.82) is 0 Å². The fourth-order valence-electron chi connectivity index (χ4n) is 3.96. The van der Waals surface area contributed by atoms with E-state index in [4.69, 9.17) is 9.84 Å². The molecule has 1 aliphatic heterocycles. The van der Waals surface area contributed by atoms with Crippen molar-refractivity contribution in [1.82, 2.24) is 24.5 Å². The second-order valence-electron chi connectivity index (χ2n) is 8.49. The van der Waals surface area contributed by atoms with Gasteiger partial charge in [-0.2, -0.15) is 9.50 Å². The van der Waals surface area contributed by atoms with Gasteiger partial charge in [-0.15, -0.1) is 5.10 Å². The fraction of sp³-hybridized carbons (Fsp3) is 0.320. The maximum atomic E-state index is 5.23. The van der Waals surface area contributed by atoms with E-state index in [1.165, 1.54) is 11.3 Å². The van der Waals surface area contributed by atoms with Gasteiger partial charge in [-0.3, -0.25) is 0 Å². The summed E-state index contributed by atoms with van der Waals surface area (Å²) in [4.78, 5) is 14.0. The zero-order chi connectivity index (χ0) is 23.5. The van der Waals surface area contributed by atoms with Gasteiger partial charge in [0.25, 0.3) is 5.78 Å². The quantitative estimate of drug-likeness (QED) is 0.398. The number of fused-ring (bicyclic) bond motifs is 1. The fourth-order valence-corrected chi connectivity index (χ4v) is 4.73. The highest BCUT2D eigenvalue weighted by Crippen LogP contribution is 2.25. The first-order valence-corrected chi connectivity index (χ1v) is 12.4. The average molecular weight is 476 g/mol. The van der Waals surface area contributed by atoms with Crippen LogP contribution >= 0.6 is 11.8 Å². The van der Waals surface area contributed by atoms with Crippen LogP contribution in [0.25, 0.3) is 5.78 Å². The van der Waals surface area contributed by atoms with Crippen molar-refractivity contribution < 1.29 is 4.74 Å². The van der Waals surface area contributed by atoms with Crippen molar-refractivity contribution in [2.75, 3.05) is 50.6 Å². The molecule has 0 unspecified atom stereocenters. The number of hydrogen-bond donors (Lipinski definition) is 1. The van der Waals surface area contributed by atoms with Crippen LogP contribution in [0.1, 0.15) is 11.3 Å². The van der Waals surface area contributed by atoms with Gasteiger partial charge >= 0.3 is 0 Å². The van der Waals surface area contributed by atoms with Crippen LogP contribution in [0, 0.1) is 6.92 Å². The third kappa shape index (κ3) is 5.10. The zero-order valence-electron chi connectivity index (χ0n) is 19.7. The van der Waals surface area contributed by atoms with E-state index in [1.807, 2.05) is 25.1 Å². The molecule has 2 aromatic carbocycles. The van der Waals surface area contributed by atoms with Gasteiger partial charge in [0.2, 0.25) is 5.16 Å². The molecule has 0 saturated carbocycles. The molecule has 0 spiro atoms. The Hall–Kier alpha value is -3.30. The van der Waals surface area contributed by atoms with E-state index in [9.17, 15) is 0 Å². The summed E-state index contributed by atoms with van der Waals surface area (Å²) in [5.74, 6) is 3.06. The van der Waals surface area contributed by atoms with Gasteiger partial charge in [0.15, 0.2) is 0 Å². The molecule has 176 valence electrons. The second-order valence-corrected chi connectivity index (χ2v) is 9.43. The number of thioether (sulfide) groups is 1. The number of methoxy groups -OCH3 is 1. The Morgan fingerprint density at radius 1 is 0.971 bits per heavy atom. The van der Waals surface area contributed by atoms with E-state index in [0.29, 0.717) is 10.9 Å². The van der Waals surface area contributed by atoms with Gasteiger partial charge in [-0.25, -0.2) is 4.98 Å². The number of rotatable bonds is 7. The molecule has 0 amide bonds. The molecule has 1 N–H and O–H groups in total. The molecule has 0 radical (unpaired) electrons. The van der Waals surface area contributed by atoms with Crippen molar-refractivity contribution in [3.63, 3.8) is 0 Å². The molecule has 0 aliphatic carbocycles. The van der Waals surface area contributed by atoms with Gasteiger partial charge in [0.05, 0.1) is 7.11 Å². The van der Waals surface area contributed by atoms with E-state index >= 15 is 0 Å². The molecule has 1 fully saturated rings. The van der Waals surface area contributed by atoms with Crippen LogP contribution in [0.5, 0.6) is 5.75 Å². The van der Waals surface area contributed by atoms with Crippen LogP contribution in [0.15, 0.2) is 59.8 Å². The van der Waals surface area contributed by atoms with Gasteiger partial charge < -0.3 is 19.9 Å². The number of benzene rings is 2. The van der Waals surface area contributed by atoms with Crippen molar-refractivity contribution in [2.45, 2.75) is 17.8 Å². The lowest BCUT2D eigenvalue weighted by Crippen LogP contribution is -2.44. The number of aromatic nitrogens is 4. The number of nitrogens with one attached hydrogen (secondary N) is 1. The highest BCUT2D eigenvalue weighted by atomic mass is 32.2. The average Bonchev–Trinajstić information content (AvgIpc) is 3.27. The number of nitrogens with zero attached hydrogens (tertiary/aromatic N) is 6. The lowest BCUT2D eigenvalue weighted by Gasteiger charge is -2.34. The summed E-state index contributed by atoms with van der Waals surface area (Å²) in [6, 6.07) is 18.6. The first-order chi connectivity index (χ1) is 16.6. The summed E-state index contributed by atoms with van der Waals surface area (Å²) >= 11 is 1.59. The van der Waals surface area contributed by atoms with Gasteiger partial charge in [-0.05, 0) is 55.9 Å².